The number of hydrogen-bond acceptors (Lipinski definition) is 4. The third-order valence-electron chi connectivity index (χ3n) is 4.02. The molecule has 30 heavy (non-hydrogen) atoms. The van der Waals surface area contributed by atoms with Crippen LogP contribution in [0, 0.1) is 0 Å². The topological polar surface area (TPSA) is 54.9 Å². The van der Waals surface area contributed by atoms with E-state index in [0.29, 0.717) is 34.8 Å². The maximum atomic E-state index is 6.20. The maximum Gasteiger partial charge on any atom is 0.191 e. The zero-order valence-corrected chi connectivity index (χ0v) is 18.0. The monoisotopic (exact) mass is 439 g/mol. The first-order valence-corrected chi connectivity index (χ1v) is 10.2. The molecule has 0 heterocycles. The molecule has 0 aliphatic heterocycles. The second-order valence-corrected chi connectivity index (χ2v) is 7.02. The van der Waals surface area contributed by atoms with E-state index in [1.54, 1.807) is 6.21 Å². The van der Waals surface area contributed by atoms with E-state index in [1.165, 1.54) is 0 Å². The van der Waals surface area contributed by atoms with Gasteiger partial charge in [0.1, 0.15) is 6.61 Å². The highest BCUT2D eigenvalue weighted by Crippen LogP contribution is 2.29. The fourth-order valence-electron chi connectivity index (χ4n) is 2.61. The Morgan fingerprint density at radius 1 is 1.00 bits per heavy atom. The summed E-state index contributed by atoms with van der Waals surface area (Å²) in [6.07, 6.45) is 1.67. The van der Waals surface area contributed by atoms with Crippen LogP contribution in [-0.4, -0.2) is 17.9 Å². The predicted octanol–water partition coefficient (Wildman–Crippen LogP) is 5.64. The molecule has 3 aromatic carbocycles. The largest absolute Gasteiger partial charge is 0.490 e. The van der Waals surface area contributed by atoms with E-state index in [1.807, 2.05) is 79.7 Å². The smallest absolute Gasteiger partial charge is 0.191 e. The van der Waals surface area contributed by atoms with Gasteiger partial charge < -0.3 is 14.8 Å². The van der Waals surface area contributed by atoms with Gasteiger partial charge in [0.05, 0.1) is 12.8 Å². The third-order valence-corrected chi connectivity index (χ3v) is 4.58. The minimum absolute atomic E-state index is 0.355. The molecule has 0 saturated heterocycles. The number of anilines is 1. The summed E-state index contributed by atoms with van der Waals surface area (Å²) < 4.78 is 11.6. The number of rotatable bonds is 8. The molecule has 0 aromatic heterocycles. The molecule has 2 N–H and O–H groups in total. The van der Waals surface area contributed by atoms with Crippen LogP contribution in [0.2, 0.25) is 5.02 Å². The Labute approximate surface area is 186 Å². The van der Waals surface area contributed by atoms with Crippen LogP contribution < -0.4 is 20.2 Å². The fraction of sp³-hybridized carbons (Fsp3) is 0.130. The van der Waals surface area contributed by atoms with Crippen molar-refractivity contribution in [1.82, 2.24) is 5.43 Å². The molecule has 0 aliphatic carbocycles. The average molecular weight is 440 g/mol. The molecule has 0 aliphatic rings. The number of ether oxygens (including phenoxy) is 2. The Balaban J connectivity index is 1.61. The Morgan fingerprint density at radius 2 is 1.77 bits per heavy atom. The summed E-state index contributed by atoms with van der Waals surface area (Å²) in [5, 5.41) is 8.31. The van der Waals surface area contributed by atoms with Crippen molar-refractivity contribution in [3.05, 3.63) is 88.9 Å². The highest BCUT2D eigenvalue weighted by atomic mass is 35.5. The number of nitrogens with zero attached hydrogens (tertiary/aromatic N) is 1. The summed E-state index contributed by atoms with van der Waals surface area (Å²) in [6, 6.07) is 22.8. The zero-order valence-electron chi connectivity index (χ0n) is 16.5. The molecule has 0 spiro atoms. The Bertz CT molecular complexity index is 1010. The van der Waals surface area contributed by atoms with Crippen molar-refractivity contribution in [3.63, 3.8) is 0 Å². The van der Waals surface area contributed by atoms with Gasteiger partial charge in [0.25, 0.3) is 0 Å². The molecule has 0 unspecified atom stereocenters. The summed E-state index contributed by atoms with van der Waals surface area (Å²) in [6.45, 7) is 2.80. The molecule has 154 valence electrons. The lowest BCUT2D eigenvalue weighted by Gasteiger charge is -2.13. The molecule has 0 atom stereocenters. The number of halogens is 1. The Hall–Kier alpha value is -3.09. The van der Waals surface area contributed by atoms with Gasteiger partial charge in [-0.15, -0.1) is 0 Å². The third kappa shape index (κ3) is 6.47. The first-order chi connectivity index (χ1) is 14.7. The van der Waals surface area contributed by atoms with Gasteiger partial charge in [0, 0.05) is 16.3 Å². The van der Waals surface area contributed by atoms with Crippen molar-refractivity contribution in [2.24, 2.45) is 5.10 Å². The number of hydrogen-bond donors (Lipinski definition) is 2. The molecule has 0 saturated carbocycles. The van der Waals surface area contributed by atoms with Crippen molar-refractivity contribution in [2.45, 2.75) is 13.5 Å². The quantitative estimate of drug-likeness (QED) is 0.270. The van der Waals surface area contributed by atoms with Crippen molar-refractivity contribution >= 4 is 40.8 Å². The molecule has 7 heteroatoms. The van der Waals surface area contributed by atoms with Crippen LogP contribution in [0.4, 0.5) is 5.69 Å². The second-order valence-electron chi connectivity index (χ2n) is 6.21. The van der Waals surface area contributed by atoms with Gasteiger partial charge in [0.2, 0.25) is 0 Å². The molecule has 3 aromatic rings. The number of nitrogens with one attached hydrogen (secondary N) is 2. The number of hydrazone groups is 1. The summed E-state index contributed by atoms with van der Waals surface area (Å²) in [5.41, 5.74) is 5.45. The molecule has 0 radical (unpaired) electrons. The van der Waals surface area contributed by atoms with E-state index in [4.69, 9.17) is 33.3 Å². The number of thiocarbonyl (C=S) groups is 1. The van der Waals surface area contributed by atoms with Crippen LogP contribution >= 0.6 is 23.8 Å². The van der Waals surface area contributed by atoms with E-state index in [-0.39, 0.29) is 0 Å². The lowest BCUT2D eigenvalue weighted by atomic mass is 10.2. The zero-order chi connectivity index (χ0) is 21.2. The average Bonchev–Trinajstić information content (AvgIpc) is 2.75. The van der Waals surface area contributed by atoms with E-state index < -0.39 is 0 Å². The SMILES string of the molecule is CCOc1cc(/C=N/NC(=S)Nc2ccccc2)ccc1OCc1ccccc1Cl. The van der Waals surface area contributed by atoms with Crippen LogP contribution in [0.25, 0.3) is 0 Å². The maximum absolute atomic E-state index is 6.20. The molecule has 5 nitrogen and oxygen atoms in total. The van der Waals surface area contributed by atoms with Crippen LogP contribution in [0.5, 0.6) is 11.5 Å². The van der Waals surface area contributed by atoms with Crippen LogP contribution in [0.15, 0.2) is 77.9 Å². The lowest BCUT2D eigenvalue weighted by Crippen LogP contribution is -2.23. The predicted molar refractivity (Wildman–Crippen MR) is 127 cm³/mol. The van der Waals surface area contributed by atoms with E-state index in [9.17, 15) is 0 Å². The van der Waals surface area contributed by atoms with E-state index >= 15 is 0 Å². The normalized spacial score (nSPS) is 10.6. The van der Waals surface area contributed by atoms with E-state index in [2.05, 4.69) is 15.8 Å². The standard InChI is InChI=1S/C23H22ClN3O2S/c1-2-28-22-14-17(15-25-27-23(30)26-19-9-4-3-5-10-19)12-13-21(22)29-16-18-8-6-7-11-20(18)24/h3-15H,2,16H2,1H3,(H2,26,27,30)/b25-15+. The van der Waals surface area contributed by atoms with Gasteiger partial charge in [-0.3, -0.25) is 5.43 Å². The molecule has 3 rings (SSSR count). The van der Waals surface area contributed by atoms with Crippen LogP contribution in [-0.2, 0) is 6.61 Å². The first-order valence-electron chi connectivity index (χ1n) is 9.44. The van der Waals surface area contributed by atoms with Gasteiger partial charge in [-0.1, -0.05) is 48.0 Å². The summed E-state index contributed by atoms with van der Waals surface area (Å²) in [5.74, 6) is 1.28. The van der Waals surface area contributed by atoms with Crippen LogP contribution in [0.3, 0.4) is 0 Å². The lowest BCUT2D eigenvalue weighted by molar-refractivity contribution is 0.269. The second kappa shape index (κ2) is 11.2. The van der Waals surface area contributed by atoms with Crippen molar-refractivity contribution < 1.29 is 9.47 Å². The fourth-order valence-corrected chi connectivity index (χ4v) is 2.97. The molecular weight excluding hydrogens is 418 g/mol. The van der Waals surface area contributed by atoms with E-state index in [0.717, 1.165) is 16.8 Å². The van der Waals surface area contributed by atoms with Crippen molar-refractivity contribution in [1.29, 1.82) is 0 Å². The van der Waals surface area contributed by atoms with Gasteiger partial charge in [0.15, 0.2) is 16.6 Å². The Kier molecular flexibility index (Phi) is 8.06. The van der Waals surface area contributed by atoms with Crippen molar-refractivity contribution in [2.75, 3.05) is 11.9 Å². The van der Waals surface area contributed by atoms with Crippen LogP contribution in [0.1, 0.15) is 18.1 Å². The summed E-state index contributed by atoms with van der Waals surface area (Å²) >= 11 is 11.4. The van der Waals surface area contributed by atoms with Gasteiger partial charge in [-0.25, -0.2) is 0 Å². The van der Waals surface area contributed by atoms with Crippen molar-refractivity contribution in [3.8, 4) is 11.5 Å². The molecule has 0 fully saturated rings. The summed E-state index contributed by atoms with van der Waals surface area (Å²) in [4.78, 5) is 0. The minimum Gasteiger partial charge on any atom is -0.490 e. The number of para-hydroxylation sites is 1. The van der Waals surface area contributed by atoms with Gasteiger partial charge in [-0.2, -0.15) is 5.10 Å². The summed E-state index contributed by atoms with van der Waals surface area (Å²) in [7, 11) is 0. The number of benzene rings is 3. The first kappa shape index (κ1) is 21.6. The minimum atomic E-state index is 0.355. The van der Waals surface area contributed by atoms with Gasteiger partial charge >= 0.3 is 0 Å². The highest BCUT2D eigenvalue weighted by molar-refractivity contribution is 7.80. The highest BCUT2D eigenvalue weighted by Gasteiger charge is 2.08. The molecule has 0 amide bonds. The van der Waals surface area contributed by atoms with Gasteiger partial charge in [-0.05, 0) is 61.1 Å². The molecular formula is C23H22ClN3O2S. The molecule has 0 bridgehead atoms. The Morgan fingerprint density at radius 3 is 2.53 bits per heavy atom.